The van der Waals surface area contributed by atoms with E-state index in [4.69, 9.17) is 23.7 Å². The number of methoxy groups -OCH3 is 2. The first-order valence-electron chi connectivity index (χ1n) is 11.4. The third kappa shape index (κ3) is 5.69. The molecule has 2 aromatic carbocycles. The van der Waals surface area contributed by atoms with E-state index in [1.54, 1.807) is 30.3 Å². The zero-order valence-electron chi connectivity index (χ0n) is 20.6. The Kier molecular flexibility index (Phi) is 7.66. The van der Waals surface area contributed by atoms with Crippen LogP contribution in [0, 0.1) is 5.82 Å². The number of halogens is 1. The summed E-state index contributed by atoms with van der Waals surface area (Å²) in [5.74, 6) is -0.332. The lowest BCUT2D eigenvalue weighted by atomic mass is 10.0. The van der Waals surface area contributed by atoms with Gasteiger partial charge in [0.15, 0.2) is 18.1 Å². The van der Waals surface area contributed by atoms with Crippen LogP contribution in [0.4, 0.5) is 4.39 Å². The fourth-order valence-electron chi connectivity index (χ4n) is 4.30. The Morgan fingerprint density at radius 2 is 1.89 bits per heavy atom. The Labute approximate surface area is 213 Å². The molecule has 2 N–H and O–H groups in total. The van der Waals surface area contributed by atoms with Gasteiger partial charge in [0.2, 0.25) is 11.7 Å². The third-order valence-electron chi connectivity index (χ3n) is 6.04. The standard InChI is InChI=1S/C27H27FN2O7/c1-30-21(9-16-10-23(34-2)27(24(11-16)35-3)37-15-26(32)33)19-7-6-17(28)12-20(19)22(30)13-25(31)29-14-18-5-4-8-36-18/h4-12,22H,13-15H2,1-3H3,(H,29,31)(H,32,33)/b21-9+. The van der Waals surface area contributed by atoms with Crippen LogP contribution in [0.1, 0.15) is 34.9 Å². The van der Waals surface area contributed by atoms with Gasteiger partial charge in [0.05, 0.1) is 39.5 Å². The molecule has 1 aliphatic heterocycles. The number of carbonyl (C=O) groups excluding carboxylic acids is 1. The molecule has 2 heterocycles. The van der Waals surface area contributed by atoms with Gasteiger partial charge in [-0.2, -0.15) is 0 Å². The van der Waals surface area contributed by atoms with Gasteiger partial charge in [-0.15, -0.1) is 0 Å². The molecule has 10 heteroatoms. The smallest absolute Gasteiger partial charge is 0.341 e. The molecule has 1 amide bonds. The predicted octanol–water partition coefficient (Wildman–Crippen LogP) is 4.09. The van der Waals surface area contributed by atoms with E-state index in [-0.39, 0.29) is 24.6 Å². The highest BCUT2D eigenvalue weighted by molar-refractivity contribution is 5.87. The lowest BCUT2D eigenvalue weighted by Crippen LogP contribution is -2.28. The molecule has 1 aliphatic rings. The van der Waals surface area contributed by atoms with Gasteiger partial charge in [-0.25, -0.2) is 9.18 Å². The predicted molar refractivity (Wildman–Crippen MR) is 133 cm³/mol. The lowest BCUT2D eigenvalue weighted by molar-refractivity contribution is -0.139. The second kappa shape index (κ2) is 11.1. The van der Waals surface area contributed by atoms with Crippen molar-refractivity contribution in [3.8, 4) is 17.2 Å². The van der Waals surface area contributed by atoms with E-state index in [1.807, 2.05) is 18.0 Å². The van der Waals surface area contributed by atoms with Crippen molar-refractivity contribution < 1.29 is 37.7 Å². The minimum atomic E-state index is -1.13. The number of ether oxygens (including phenoxy) is 3. The number of carboxylic acid groups (broad SMARTS) is 1. The first-order chi connectivity index (χ1) is 17.8. The molecule has 4 rings (SSSR count). The van der Waals surface area contributed by atoms with E-state index < -0.39 is 24.4 Å². The number of furan rings is 1. The Hall–Kier alpha value is -4.47. The maximum Gasteiger partial charge on any atom is 0.341 e. The van der Waals surface area contributed by atoms with Gasteiger partial charge in [0, 0.05) is 18.3 Å². The third-order valence-corrected chi connectivity index (χ3v) is 6.04. The van der Waals surface area contributed by atoms with Crippen LogP contribution in [0.2, 0.25) is 0 Å². The molecule has 0 spiro atoms. The molecule has 1 atom stereocenters. The van der Waals surface area contributed by atoms with Gasteiger partial charge < -0.3 is 34.0 Å². The SMILES string of the molecule is COc1cc(/C=C2\c3ccc(F)cc3C(CC(=O)NCc3ccco3)N2C)cc(OC)c1OCC(=O)O. The Bertz CT molecular complexity index is 1300. The van der Waals surface area contributed by atoms with Crippen molar-refractivity contribution in [2.45, 2.75) is 19.0 Å². The Morgan fingerprint density at radius 3 is 2.51 bits per heavy atom. The number of rotatable bonds is 10. The number of nitrogens with zero attached hydrogens (tertiary/aromatic N) is 1. The van der Waals surface area contributed by atoms with Crippen molar-refractivity contribution in [1.82, 2.24) is 10.2 Å². The number of aliphatic carboxylic acids is 1. The van der Waals surface area contributed by atoms with E-state index in [1.165, 1.54) is 32.6 Å². The van der Waals surface area contributed by atoms with Crippen molar-refractivity contribution in [3.63, 3.8) is 0 Å². The summed E-state index contributed by atoms with van der Waals surface area (Å²) < 4.78 is 35.7. The molecule has 0 aliphatic carbocycles. The van der Waals surface area contributed by atoms with Crippen LogP contribution in [-0.4, -0.2) is 49.8 Å². The number of hydrogen-bond acceptors (Lipinski definition) is 7. The van der Waals surface area contributed by atoms with Crippen molar-refractivity contribution in [3.05, 3.63) is 77.0 Å². The highest BCUT2D eigenvalue weighted by Gasteiger charge is 2.33. The van der Waals surface area contributed by atoms with Gasteiger partial charge in [0.25, 0.3) is 0 Å². The van der Waals surface area contributed by atoms with Crippen molar-refractivity contribution >= 4 is 23.6 Å². The summed E-state index contributed by atoms with van der Waals surface area (Å²) in [7, 11) is 4.72. The van der Waals surface area contributed by atoms with E-state index in [9.17, 15) is 14.0 Å². The highest BCUT2D eigenvalue weighted by atomic mass is 19.1. The van der Waals surface area contributed by atoms with Gasteiger partial charge >= 0.3 is 5.97 Å². The summed E-state index contributed by atoms with van der Waals surface area (Å²) in [5, 5.41) is 11.8. The number of fused-ring (bicyclic) bond motifs is 1. The number of carbonyl (C=O) groups is 2. The summed E-state index contributed by atoms with van der Waals surface area (Å²) in [6.07, 6.45) is 3.51. The topological polar surface area (TPSA) is 110 Å². The van der Waals surface area contributed by atoms with Crippen LogP contribution in [0.5, 0.6) is 17.2 Å². The average Bonchev–Trinajstić information content (AvgIpc) is 3.48. The van der Waals surface area contributed by atoms with Crippen LogP contribution in [0.3, 0.4) is 0 Å². The van der Waals surface area contributed by atoms with Crippen molar-refractivity contribution in [1.29, 1.82) is 0 Å². The fraction of sp³-hybridized carbons (Fsp3) is 0.259. The summed E-state index contributed by atoms with van der Waals surface area (Å²) in [5.41, 5.74) is 2.93. The van der Waals surface area contributed by atoms with Gasteiger partial charge in [-0.05, 0) is 59.7 Å². The van der Waals surface area contributed by atoms with Gasteiger partial charge in [0.1, 0.15) is 11.6 Å². The van der Waals surface area contributed by atoms with Gasteiger partial charge in [-0.1, -0.05) is 0 Å². The van der Waals surface area contributed by atoms with Crippen LogP contribution in [-0.2, 0) is 16.1 Å². The molecule has 1 unspecified atom stereocenters. The second-order valence-corrected chi connectivity index (χ2v) is 8.39. The molecule has 3 aromatic rings. The zero-order chi connectivity index (χ0) is 26.5. The molecular weight excluding hydrogens is 483 g/mol. The minimum absolute atomic E-state index is 0.111. The Balaban J connectivity index is 1.64. The minimum Gasteiger partial charge on any atom is -0.493 e. The number of amides is 1. The average molecular weight is 511 g/mol. The van der Waals surface area contributed by atoms with Crippen molar-refractivity contribution in [2.75, 3.05) is 27.9 Å². The zero-order valence-corrected chi connectivity index (χ0v) is 20.6. The Morgan fingerprint density at radius 1 is 1.16 bits per heavy atom. The lowest BCUT2D eigenvalue weighted by Gasteiger charge is -2.23. The summed E-state index contributed by atoms with van der Waals surface area (Å²) >= 11 is 0. The van der Waals surface area contributed by atoms with E-state index >= 15 is 0 Å². The summed E-state index contributed by atoms with van der Waals surface area (Å²) in [4.78, 5) is 25.6. The number of carboxylic acids is 1. The molecule has 0 saturated heterocycles. The molecule has 0 saturated carbocycles. The molecule has 0 fully saturated rings. The maximum absolute atomic E-state index is 14.2. The van der Waals surface area contributed by atoms with Crippen molar-refractivity contribution in [2.24, 2.45) is 0 Å². The van der Waals surface area contributed by atoms with Crippen LogP contribution in [0.25, 0.3) is 11.8 Å². The molecule has 1 aromatic heterocycles. The first-order valence-corrected chi connectivity index (χ1v) is 11.4. The van der Waals surface area contributed by atoms with E-state index in [0.717, 1.165) is 11.3 Å². The first kappa shape index (κ1) is 25.6. The molecule has 0 bridgehead atoms. The summed E-state index contributed by atoms with van der Waals surface area (Å²) in [6, 6.07) is 11.0. The van der Waals surface area contributed by atoms with Gasteiger partial charge in [-0.3, -0.25) is 4.79 Å². The number of benzene rings is 2. The molecular formula is C27H27FN2O7. The molecule has 37 heavy (non-hydrogen) atoms. The maximum atomic E-state index is 14.2. The quantitative estimate of drug-likeness (QED) is 0.420. The number of hydrogen-bond donors (Lipinski definition) is 2. The number of nitrogens with one attached hydrogen (secondary N) is 1. The second-order valence-electron chi connectivity index (χ2n) is 8.39. The summed E-state index contributed by atoms with van der Waals surface area (Å²) in [6.45, 7) is -0.296. The monoisotopic (exact) mass is 510 g/mol. The highest BCUT2D eigenvalue weighted by Crippen LogP contribution is 2.45. The largest absolute Gasteiger partial charge is 0.493 e. The van der Waals surface area contributed by atoms with Crippen LogP contribution >= 0.6 is 0 Å². The van der Waals surface area contributed by atoms with Crippen LogP contribution in [0.15, 0.2) is 53.1 Å². The molecule has 9 nitrogen and oxygen atoms in total. The van der Waals surface area contributed by atoms with Crippen LogP contribution < -0.4 is 19.5 Å². The molecule has 194 valence electrons. The van der Waals surface area contributed by atoms with E-state index in [2.05, 4.69) is 5.32 Å². The van der Waals surface area contributed by atoms with E-state index in [0.29, 0.717) is 28.4 Å². The fourth-order valence-corrected chi connectivity index (χ4v) is 4.30. The molecule has 0 radical (unpaired) electrons. The normalized spacial score (nSPS) is 15.4.